The van der Waals surface area contributed by atoms with Crippen molar-refractivity contribution in [1.29, 1.82) is 0 Å². The molecule has 0 spiro atoms. The van der Waals surface area contributed by atoms with Crippen LogP contribution >= 0.6 is 0 Å². The Bertz CT molecular complexity index is 893. The Hall–Kier alpha value is -1.68. The third-order valence-electron chi connectivity index (χ3n) is 3.96. The molecule has 0 aromatic carbocycles. The monoisotopic (exact) mass is 420 g/mol. The summed E-state index contributed by atoms with van der Waals surface area (Å²) in [5.41, 5.74) is 0. The Morgan fingerprint density at radius 3 is 2.58 bits per heavy atom. The summed E-state index contributed by atoms with van der Waals surface area (Å²) in [6.07, 6.45) is -0.998. The molecule has 2 bridgehead atoms. The average molecular weight is 420 g/mol. The van der Waals surface area contributed by atoms with Crippen molar-refractivity contribution in [2.75, 3.05) is 0 Å². The standard InChI is InChI=1S/C11H10F2O11S2/c12-11(13,26(18,19)20)9(15)21-2-1-7(14)23-10-4-5-3-6(8(10)22-5)25(16,17)24-10/h1-2,5-6,8H,3-4H2,(H,18,19,20)/b2-1-. The van der Waals surface area contributed by atoms with Gasteiger partial charge >= 0.3 is 27.3 Å². The predicted molar refractivity (Wildman–Crippen MR) is 72.2 cm³/mol. The van der Waals surface area contributed by atoms with Crippen molar-refractivity contribution in [3.05, 3.63) is 12.3 Å². The lowest BCUT2D eigenvalue weighted by Crippen LogP contribution is -2.44. The molecule has 0 aromatic rings. The van der Waals surface area contributed by atoms with Crippen LogP contribution in [-0.2, 0) is 48.2 Å². The second-order valence-electron chi connectivity index (χ2n) is 5.67. The first-order valence-corrected chi connectivity index (χ1v) is 9.75. The van der Waals surface area contributed by atoms with E-state index in [1.807, 2.05) is 0 Å². The highest BCUT2D eigenvalue weighted by atomic mass is 32.2. The van der Waals surface area contributed by atoms with Gasteiger partial charge in [-0.3, -0.25) is 4.55 Å². The fourth-order valence-corrected chi connectivity index (χ4v) is 4.94. The van der Waals surface area contributed by atoms with Crippen molar-refractivity contribution in [2.45, 2.75) is 41.3 Å². The molecular weight excluding hydrogens is 410 g/mol. The van der Waals surface area contributed by atoms with Gasteiger partial charge in [0.2, 0.25) is 0 Å². The maximum atomic E-state index is 12.9. The van der Waals surface area contributed by atoms with Crippen molar-refractivity contribution < 1.29 is 58.2 Å². The molecule has 11 nitrogen and oxygen atoms in total. The van der Waals surface area contributed by atoms with Crippen LogP contribution in [0, 0.1) is 0 Å². The molecule has 4 atom stereocenters. The molecular formula is C11H10F2O11S2. The number of hydrogen-bond donors (Lipinski definition) is 1. The number of hydrogen-bond acceptors (Lipinski definition) is 10. The summed E-state index contributed by atoms with van der Waals surface area (Å²) in [6.45, 7) is 0. The normalized spacial score (nSPS) is 35.0. The third-order valence-corrected chi connectivity index (χ3v) is 6.47. The minimum Gasteiger partial charge on any atom is -0.429 e. The van der Waals surface area contributed by atoms with Gasteiger partial charge < -0.3 is 14.2 Å². The van der Waals surface area contributed by atoms with Crippen molar-refractivity contribution in [1.82, 2.24) is 0 Å². The predicted octanol–water partition coefficient (Wildman–Crippen LogP) is -0.947. The molecule has 0 saturated carbocycles. The largest absolute Gasteiger partial charge is 0.466 e. The van der Waals surface area contributed by atoms with E-state index in [1.54, 1.807) is 0 Å². The first kappa shape index (κ1) is 19.1. The maximum absolute atomic E-state index is 12.9. The van der Waals surface area contributed by atoms with Crippen LogP contribution in [0.5, 0.6) is 0 Å². The number of esters is 2. The van der Waals surface area contributed by atoms with E-state index >= 15 is 0 Å². The van der Waals surface area contributed by atoms with E-state index in [9.17, 15) is 35.2 Å². The van der Waals surface area contributed by atoms with Crippen molar-refractivity contribution in [2.24, 2.45) is 0 Å². The Balaban J connectivity index is 1.64. The van der Waals surface area contributed by atoms with Crippen LogP contribution in [0.4, 0.5) is 8.78 Å². The highest BCUT2D eigenvalue weighted by Crippen LogP contribution is 2.53. The molecule has 0 aliphatic carbocycles. The number of rotatable bonds is 5. The first-order valence-electron chi connectivity index (χ1n) is 6.84. The van der Waals surface area contributed by atoms with Crippen molar-refractivity contribution in [3.63, 3.8) is 0 Å². The molecule has 15 heteroatoms. The number of fused-ring (bicyclic) bond motifs is 1. The zero-order valence-corrected chi connectivity index (χ0v) is 14.0. The molecule has 3 aliphatic rings. The van der Waals surface area contributed by atoms with Crippen LogP contribution in [-0.4, -0.2) is 61.8 Å². The van der Waals surface area contributed by atoms with Crippen molar-refractivity contribution >= 4 is 32.2 Å². The van der Waals surface area contributed by atoms with E-state index in [4.69, 9.17) is 18.2 Å². The van der Waals surface area contributed by atoms with Gasteiger partial charge in [0, 0.05) is 6.42 Å². The molecule has 26 heavy (non-hydrogen) atoms. The van der Waals surface area contributed by atoms with Crippen LogP contribution in [0.1, 0.15) is 12.8 Å². The molecule has 0 radical (unpaired) electrons. The van der Waals surface area contributed by atoms with Gasteiger partial charge in [-0.25, -0.2) is 13.8 Å². The fourth-order valence-electron chi connectivity index (χ4n) is 2.94. The Morgan fingerprint density at radius 2 is 2.00 bits per heavy atom. The lowest BCUT2D eigenvalue weighted by molar-refractivity contribution is -0.197. The minimum atomic E-state index is -6.06. The highest BCUT2D eigenvalue weighted by molar-refractivity contribution is 7.88. The molecule has 146 valence electrons. The number of alkyl halides is 2. The highest BCUT2D eigenvalue weighted by Gasteiger charge is 2.72. The van der Waals surface area contributed by atoms with E-state index in [1.165, 1.54) is 0 Å². The smallest absolute Gasteiger partial charge is 0.429 e. The lowest BCUT2D eigenvalue weighted by Gasteiger charge is -2.25. The fraction of sp³-hybridized carbons (Fsp3) is 0.636. The number of carbonyl (C=O) groups is 2. The van der Waals surface area contributed by atoms with Crippen LogP contribution in [0.3, 0.4) is 0 Å². The van der Waals surface area contributed by atoms with Gasteiger partial charge in [0.15, 0.2) is 0 Å². The first-order chi connectivity index (χ1) is 11.8. The van der Waals surface area contributed by atoms with Gasteiger partial charge in [-0.15, -0.1) is 0 Å². The SMILES string of the molecule is O=C(/C=C\OC(=O)C(F)(F)S(=O)(=O)O)OC12CC3CC(C1O3)S(=O)(=O)O2. The molecule has 3 fully saturated rings. The summed E-state index contributed by atoms with van der Waals surface area (Å²) < 4.78 is 97.2. The molecule has 0 aromatic heterocycles. The zero-order chi connectivity index (χ0) is 19.5. The maximum Gasteiger partial charge on any atom is 0.466 e. The molecule has 3 saturated heterocycles. The average Bonchev–Trinajstić information content (AvgIpc) is 3.05. The van der Waals surface area contributed by atoms with E-state index in [2.05, 4.69) is 4.74 Å². The summed E-state index contributed by atoms with van der Waals surface area (Å²) in [4.78, 5) is 22.6. The number of ether oxygens (including phenoxy) is 3. The van der Waals surface area contributed by atoms with E-state index < -0.39 is 60.7 Å². The van der Waals surface area contributed by atoms with Crippen LogP contribution in [0.15, 0.2) is 12.3 Å². The zero-order valence-electron chi connectivity index (χ0n) is 12.4. The molecule has 3 aliphatic heterocycles. The molecule has 0 amide bonds. The van der Waals surface area contributed by atoms with Gasteiger partial charge in [0.05, 0.1) is 12.2 Å². The molecule has 3 rings (SSSR count). The third kappa shape index (κ3) is 2.88. The van der Waals surface area contributed by atoms with E-state index in [0.717, 1.165) is 0 Å². The number of carbonyl (C=O) groups excluding carboxylic acids is 2. The van der Waals surface area contributed by atoms with Crippen LogP contribution in [0.25, 0.3) is 0 Å². The molecule has 1 N–H and O–H groups in total. The quantitative estimate of drug-likeness (QED) is 0.192. The Kier molecular flexibility index (Phi) is 4.15. The minimum absolute atomic E-state index is 0.0619. The van der Waals surface area contributed by atoms with Gasteiger partial charge in [-0.2, -0.15) is 25.6 Å². The lowest BCUT2D eigenvalue weighted by atomic mass is 9.94. The van der Waals surface area contributed by atoms with Crippen LogP contribution < -0.4 is 0 Å². The summed E-state index contributed by atoms with van der Waals surface area (Å²) in [5, 5.41) is -6.24. The second kappa shape index (κ2) is 5.66. The summed E-state index contributed by atoms with van der Waals surface area (Å²) in [7, 11) is -10.1. The molecule has 4 unspecified atom stereocenters. The second-order valence-corrected chi connectivity index (χ2v) is 8.89. The molecule has 3 heterocycles. The van der Waals surface area contributed by atoms with Crippen LogP contribution in [0.2, 0.25) is 0 Å². The van der Waals surface area contributed by atoms with Gasteiger partial charge in [0.1, 0.15) is 17.6 Å². The van der Waals surface area contributed by atoms with Gasteiger partial charge in [-0.05, 0) is 6.42 Å². The summed E-state index contributed by atoms with van der Waals surface area (Å²) in [5.74, 6) is -5.87. The van der Waals surface area contributed by atoms with Gasteiger partial charge in [-0.1, -0.05) is 0 Å². The number of halogens is 2. The van der Waals surface area contributed by atoms with E-state index in [-0.39, 0.29) is 19.1 Å². The van der Waals surface area contributed by atoms with E-state index in [0.29, 0.717) is 6.08 Å². The van der Waals surface area contributed by atoms with Crippen molar-refractivity contribution in [3.8, 4) is 0 Å². The summed E-state index contributed by atoms with van der Waals surface area (Å²) >= 11 is 0. The van der Waals surface area contributed by atoms with Gasteiger partial charge in [0.25, 0.3) is 15.9 Å². The Labute approximate surface area is 144 Å². The Morgan fingerprint density at radius 1 is 1.35 bits per heavy atom. The topological polar surface area (TPSA) is 160 Å². The summed E-state index contributed by atoms with van der Waals surface area (Å²) in [6, 6.07) is 0.